The summed E-state index contributed by atoms with van der Waals surface area (Å²) in [5.41, 5.74) is 1.58. The van der Waals surface area contributed by atoms with E-state index in [0.29, 0.717) is 8.95 Å². The van der Waals surface area contributed by atoms with Crippen molar-refractivity contribution in [1.82, 2.24) is 4.31 Å². The number of halogens is 2. The van der Waals surface area contributed by atoms with Crippen molar-refractivity contribution in [3.8, 4) is 6.19 Å². The van der Waals surface area contributed by atoms with Gasteiger partial charge in [0.25, 0.3) is 10.0 Å². The highest BCUT2D eigenvalue weighted by molar-refractivity contribution is 9.11. The standard InChI is InChI=1S/C18H17Br2N3O2S/c19-15-10-16(22-8-4-5-9-22)18(20)17(11-15)26(24,25)23(13-21)12-14-6-2-1-3-7-14/h1-3,6-7,10-11H,4-5,8-9,12H2. The molecule has 0 aliphatic carbocycles. The molecule has 3 rings (SSSR count). The molecule has 0 bridgehead atoms. The average Bonchev–Trinajstić information content (AvgIpc) is 3.16. The predicted molar refractivity (Wildman–Crippen MR) is 108 cm³/mol. The fourth-order valence-corrected chi connectivity index (χ4v) is 5.93. The van der Waals surface area contributed by atoms with Crippen LogP contribution in [0, 0.1) is 11.5 Å². The van der Waals surface area contributed by atoms with Gasteiger partial charge in [-0.05, 0) is 46.5 Å². The van der Waals surface area contributed by atoms with E-state index in [4.69, 9.17) is 0 Å². The molecule has 8 heteroatoms. The molecule has 0 saturated carbocycles. The summed E-state index contributed by atoms with van der Waals surface area (Å²) in [6.45, 7) is 1.78. The molecule has 0 unspecified atom stereocenters. The van der Waals surface area contributed by atoms with Gasteiger partial charge in [-0.2, -0.15) is 9.57 Å². The molecule has 2 aromatic rings. The Balaban J connectivity index is 2.01. The lowest BCUT2D eigenvalue weighted by Crippen LogP contribution is -2.27. The highest BCUT2D eigenvalue weighted by Crippen LogP contribution is 2.38. The summed E-state index contributed by atoms with van der Waals surface area (Å²) in [6, 6.07) is 12.5. The molecule has 1 aliphatic heterocycles. The summed E-state index contributed by atoms with van der Waals surface area (Å²) in [5, 5.41) is 9.48. The molecule has 26 heavy (non-hydrogen) atoms. The van der Waals surface area contributed by atoms with Gasteiger partial charge >= 0.3 is 0 Å². The first-order valence-corrected chi connectivity index (χ1v) is 11.2. The maximum absolute atomic E-state index is 13.1. The molecule has 5 nitrogen and oxygen atoms in total. The predicted octanol–water partition coefficient (Wildman–Crippen LogP) is 4.48. The van der Waals surface area contributed by atoms with Crippen LogP contribution in [0.15, 0.2) is 56.3 Å². The second kappa shape index (κ2) is 7.99. The highest BCUT2D eigenvalue weighted by Gasteiger charge is 2.29. The van der Waals surface area contributed by atoms with Gasteiger partial charge in [0.05, 0.1) is 16.7 Å². The number of hydrogen-bond donors (Lipinski definition) is 0. The van der Waals surface area contributed by atoms with Crippen molar-refractivity contribution in [2.75, 3.05) is 18.0 Å². The van der Waals surface area contributed by atoms with Gasteiger partial charge < -0.3 is 4.90 Å². The fourth-order valence-electron chi connectivity index (χ4n) is 2.97. The molecule has 1 fully saturated rings. The summed E-state index contributed by atoms with van der Waals surface area (Å²) < 4.78 is 28.3. The quantitative estimate of drug-likeness (QED) is 0.450. The normalized spacial score (nSPS) is 14.3. The Morgan fingerprint density at radius 1 is 1.12 bits per heavy atom. The van der Waals surface area contributed by atoms with Gasteiger partial charge in [0, 0.05) is 17.6 Å². The van der Waals surface area contributed by atoms with E-state index in [1.54, 1.807) is 12.1 Å². The first-order valence-electron chi connectivity index (χ1n) is 8.14. The lowest BCUT2D eigenvalue weighted by molar-refractivity contribution is 0.504. The average molecular weight is 499 g/mol. The zero-order valence-electron chi connectivity index (χ0n) is 13.9. The Bertz CT molecular complexity index is 937. The Labute approximate surface area is 170 Å². The van der Waals surface area contributed by atoms with Crippen molar-refractivity contribution in [3.63, 3.8) is 0 Å². The van der Waals surface area contributed by atoms with Crippen LogP contribution < -0.4 is 4.90 Å². The van der Waals surface area contributed by atoms with Crippen molar-refractivity contribution in [1.29, 1.82) is 5.26 Å². The minimum absolute atomic E-state index is 0.00231. The number of sulfonamides is 1. The van der Waals surface area contributed by atoms with Crippen LogP contribution in [0.4, 0.5) is 5.69 Å². The van der Waals surface area contributed by atoms with E-state index in [2.05, 4.69) is 36.8 Å². The number of benzene rings is 2. The van der Waals surface area contributed by atoms with E-state index in [0.717, 1.165) is 41.5 Å². The molecule has 0 amide bonds. The van der Waals surface area contributed by atoms with Gasteiger partial charge in [-0.3, -0.25) is 0 Å². The zero-order valence-corrected chi connectivity index (χ0v) is 17.9. The van der Waals surface area contributed by atoms with Gasteiger partial charge in [-0.25, -0.2) is 8.42 Å². The second-order valence-electron chi connectivity index (χ2n) is 6.03. The highest BCUT2D eigenvalue weighted by atomic mass is 79.9. The van der Waals surface area contributed by atoms with Gasteiger partial charge in [0.2, 0.25) is 0 Å². The SMILES string of the molecule is N#CN(Cc1ccccc1)S(=O)(=O)c1cc(Br)cc(N2CCCC2)c1Br. The van der Waals surface area contributed by atoms with Crippen molar-refractivity contribution in [2.24, 2.45) is 0 Å². The number of hydrogen-bond acceptors (Lipinski definition) is 4. The van der Waals surface area contributed by atoms with Crippen molar-refractivity contribution >= 4 is 47.6 Å². The molecular weight excluding hydrogens is 482 g/mol. The summed E-state index contributed by atoms with van der Waals surface area (Å²) in [6.07, 6.45) is 3.99. The Morgan fingerprint density at radius 2 is 1.77 bits per heavy atom. The van der Waals surface area contributed by atoms with Crippen molar-refractivity contribution in [3.05, 3.63) is 57.0 Å². The third kappa shape index (κ3) is 3.90. The monoisotopic (exact) mass is 497 g/mol. The molecule has 1 heterocycles. The van der Waals surface area contributed by atoms with E-state index >= 15 is 0 Å². The number of nitrogens with zero attached hydrogens (tertiary/aromatic N) is 3. The zero-order chi connectivity index (χ0) is 18.7. The summed E-state index contributed by atoms with van der Waals surface area (Å²) in [5.74, 6) is 0. The largest absolute Gasteiger partial charge is 0.371 e. The minimum Gasteiger partial charge on any atom is -0.371 e. The van der Waals surface area contributed by atoms with Crippen LogP contribution >= 0.6 is 31.9 Å². The van der Waals surface area contributed by atoms with Crippen molar-refractivity contribution < 1.29 is 8.42 Å². The van der Waals surface area contributed by atoms with E-state index in [9.17, 15) is 13.7 Å². The minimum atomic E-state index is -3.99. The molecular formula is C18H17Br2N3O2S. The number of nitriles is 1. The Hall–Kier alpha value is -1.56. The third-order valence-electron chi connectivity index (χ3n) is 4.28. The summed E-state index contributed by atoms with van der Waals surface area (Å²) >= 11 is 6.88. The van der Waals surface area contributed by atoms with Gasteiger partial charge in [0.15, 0.2) is 6.19 Å². The van der Waals surface area contributed by atoms with E-state index in [1.807, 2.05) is 30.5 Å². The summed E-state index contributed by atoms with van der Waals surface area (Å²) in [7, 11) is -3.99. The molecule has 0 spiro atoms. The molecule has 0 atom stereocenters. The van der Waals surface area contributed by atoms with E-state index in [-0.39, 0.29) is 11.4 Å². The van der Waals surface area contributed by atoms with Crippen molar-refractivity contribution in [2.45, 2.75) is 24.3 Å². The molecule has 1 saturated heterocycles. The molecule has 2 aromatic carbocycles. The fraction of sp³-hybridized carbons (Fsp3) is 0.278. The van der Waals surface area contributed by atoms with Gasteiger partial charge in [0.1, 0.15) is 4.90 Å². The van der Waals surface area contributed by atoms with Gasteiger partial charge in [-0.1, -0.05) is 46.3 Å². The molecule has 136 valence electrons. The van der Waals surface area contributed by atoms with Crippen LogP contribution in [0.1, 0.15) is 18.4 Å². The van der Waals surface area contributed by atoms with Crippen LogP contribution in [0.25, 0.3) is 0 Å². The second-order valence-corrected chi connectivity index (χ2v) is 9.57. The maximum atomic E-state index is 13.1. The summed E-state index contributed by atoms with van der Waals surface area (Å²) in [4.78, 5) is 2.24. The smallest absolute Gasteiger partial charge is 0.274 e. The first kappa shape index (κ1) is 19.2. The molecule has 0 aromatic heterocycles. The first-order chi connectivity index (χ1) is 12.4. The lowest BCUT2D eigenvalue weighted by Gasteiger charge is -2.23. The molecule has 0 N–H and O–H groups in total. The molecule has 0 radical (unpaired) electrons. The van der Waals surface area contributed by atoms with Crippen LogP contribution in [-0.4, -0.2) is 25.8 Å². The maximum Gasteiger partial charge on any atom is 0.274 e. The van der Waals surface area contributed by atoms with Crippen LogP contribution in [0.2, 0.25) is 0 Å². The van der Waals surface area contributed by atoms with E-state index in [1.165, 1.54) is 6.07 Å². The Kier molecular flexibility index (Phi) is 5.90. The van der Waals surface area contributed by atoms with Gasteiger partial charge in [-0.15, -0.1) is 0 Å². The van der Waals surface area contributed by atoms with Crippen LogP contribution in [-0.2, 0) is 16.6 Å². The lowest BCUT2D eigenvalue weighted by atomic mass is 10.2. The third-order valence-corrected chi connectivity index (χ3v) is 7.50. The number of rotatable bonds is 5. The van der Waals surface area contributed by atoms with Crippen LogP contribution in [0.5, 0.6) is 0 Å². The van der Waals surface area contributed by atoms with Crippen LogP contribution in [0.3, 0.4) is 0 Å². The van der Waals surface area contributed by atoms with E-state index < -0.39 is 10.0 Å². The molecule has 1 aliphatic rings. The topological polar surface area (TPSA) is 64.4 Å². The Morgan fingerprint density at radius 3 is 2.38 bits per heavy atom. The number of anilines is 1.